The second-order valence-corrected chi connectivity index (χ2v) is 3.36. The summed E-state index contributed by atoms with van der Waals surface area (Å²) >= 11 is 0. The summed E-state index contributed by atoms with van der Waals surface area (Å²) in [5.74, 6) is 0.664. The van der Waals surface area contributed by atoms with Gasteiger partial charge in [-0.25, -0.2) is 0 Å². The smallest absolute Gasteiger partial charge is 0.223 e. The van der Waals surface area contributed by atoms with Crippen molar-refractivity contribution in [2.45, 2.75) is 20.0 Å². The standard InChI is InChI=1S/C12H17NO3/c1-2-13-12(15)6-7-16-11-5-3-4-10(8-11)9-14/h3-5,8,14H,2,6-7,9H2,1H3,(H,13,15). The van der Waals surface area contributed by atoms with Gasteiger partial charge < -0.3 is 15.2 Å². The summed E-state index contributed by atoms with van der Waals surface area (Å²) < 4.78 is 5.39. The molecule has 0 radical (unpaired) electrons. The fraction of sp³-hybridized carbons (Fsp3) is 0.417. The Morgan fingerprint density at radius 1 is 1.50 bits per heavy atom. The van der Waals surface area contributed by atoms with Crippen LogP contribution in [-0.2, 0) is 11.4 Å². The van der Waals surface area contributed by atoms with Crippen LogP contribution in [0, 0.1) is 0 Å². The first-order valence-electron chi connectivity index (χ1n) is 5.35. The number of aliphatic hydroxyl groups is 1. The van der Waals surface area contributed by atoms with E-state index < -0.39 is 0 Å². The molecule has 1 rings (SSSR count). The SMILES string of the molecule is CCNC(=O)CCOc1cccc(CO)c1. The largest absolute Gasteiger partial charge is 0.493 e. The zero-order chi connectivity index (χ0) is 11.8. The minimum Gasteiger partial charge on any atom is -0.493 e. The van der Waals surface area contributed by atoms with E-state index in [9.17, 15) is 4.79 Å². The van der Waals surface area contributed by atoms with Crippen LogP contribution in [0.5, 0.6) is 5.75 Å². The molecule has 0 heterocycles. The highest BCUT2D eigenvalue weighted by atomic mass is 16.5. The maximum absolute atomic E-state index is 11.1. The number of carbonyl (C=O) groups excluding carboxylic acids is 1. The molecule has 0 fully saturated rings. The monoisotopic (exact) mass is 223 g/mol. The van der Waals surface area contributed by atoms with Crippen molar-refractivity contribution in [3.05, 3.63) is 29.8 Å². The molecule has 0 aromatic heterocycles. The van der Waals surface area contributed by atoms with E-state index in [2.05, 4.69) is 5.32 Å². The molecule has 0 saturated heterocycles. The van der Waals surface area contributed by atoms with Crippen LogP contribution in [0.1, 0.15) is 18.9 Å². The molecule has 1 aromatic carbocycles. The zero-order valence-electron chi connectivity index (χ0n) is 9.40. The second kappa shape index (κ2) is 6.85. The predicted octanol–water partition coefficient (Wildman–Crippen LogP) is 1.08. The number of nitrogens with one attached hydrogen (secondary N) is 1. The van der Waals surface area contributed by atoms with Gasteiger partial charge in [0.2, 0.25) is 5.91 Å². The minimum absolute atomic E-state index is 0.00643. The molecule has 0 aliphatic carbocycles. The average molecular weight is 223 g/mol. The third kappa shape index (κ3) is 4.31. The van der Waals surface area contributed by atoms with Crippen LogP contribution in [0.3, 0.4) is 0 Å². The Morgan fingerprint density at radius 3 is 3.00 bits per heavy atom. The fourth-order valence-electron chi connectivity index (χ4n) is 1.28. The molecule has 0 aliphatic rings. The van der Waals surface area contributed by atoms with E-state index in [1.807, 2.05) is 19.1 Å². The molecule has 0 bridgehead atoms. The second-order valence-electron chi connectivity index (χ2n) is 3.36. The molecule has 1 aromatic rings. The molecule has 0 unspecified atom stereocenters. The Balaban J connectivity index is 2.34. The van der Waals surface area contributed by atoms with Gasteiger partial charge >= 0.3 is 0 Å². The number of amides is 1. The first kappa shape index (κ1) is 12.5. The lowest BCUT2D eigenvalue weighted by Gasteiger charge is -2.07. The Bertz CT molecular complexity index is 339. The van der Waals surface area contributed by atoms with Crippen molar-refractivity contribution < 1.29 is 14.6 Å². The van der Waals surface area contributed by atoms with Gasteiger partial charge in [0.1, 0.15) is 5.75 Å². The third-order valence-corrected chi connectivity index (χ3v) is 2.05. The summed E-state index contributed by atoms with van der Waals surface area (Å²) in [6.45, 7) is 2.86. The molecule has 4 heteroatoms. The van der Waals surface area contributed by atoms with Gasteiger partial charge in [0, 0.05) is 6.54 Å². The molecule has 2 N–H and O–H groups in total. The van der Waals surface area contributed by atoms with Crippen molar-refractivity contribution in [3.63, 3.8) is 0 Å². The summed E-state index contributed by atoms with van der Waals surface area (Å²) in [7, 11) is 0. The highest BCUT2D eigenvalue weighted by molar-refractivity contribution is 5.75. The van der Waals surface area contributed by atoms with Crippen molar-refractivity contribution in [1.82, 2.24) is 5.32 Å². The van der Waals surface area contributed by atoms with Crippen LogP contribution < -0.4 is 10.1 Å². The van der Waals surface area contributed by atoms with Crippen LogP contribution in [-0.4, -0.2) is 24.2 Å². The lowest BCUT2D eigenvalue weighted by molar-refractivity contribution is -0.121. The fourth-order valence-corrected chi connectivity index (χ4v) is 1.28. The quantitative estimate of drug-likeness (QED) is 0.758. The van der Waals surface area contributed by atoms with E-state index in [1.165, 1.54) is 0 Å². The highest BCUT2D eigenvalue weighted by Crippen LogP contribution is 2.13. The van der Waals surface area contributed by atoms with Gasteiger partial charge in [-0.15, -0.1) is 0 Å². The van der Waals surface area contributed by atoms with Gasteiger partial charge in [0.05, 0.1) is 19.6 Å². The number of hydrogen-bond donors (Lipinski definition) is 2. The van der Waals surface area contributed by atoms with Gasteiger partial charge in [-0.3, -0.25) is 4.79 Å². The number of ether oxygens (including phenoxy) is 1. The van der Waals surface area contributed by atoms with Gasteiger partial charge in [0.25, 0.3) is 0 Å². The predicted molar refractivity (Wildman–Crippen MR) is 61.2 cm³/mol. The van der Waals surface area contributed by atoms with E-state index in [0.29, 0.717) is 25.3 Å². The van der Waals surface area contributed by atoms with E-state index in [0.717, 1.165) is 5.56 Å². The molecule has 0 saturated carbocycles. The number of rotatable bonds is 6. The first-order chi connectivity index (χ1) is 7.76. The van der Waals surface area contributed by atoms with E-state index in [-0.39, 0.29) is 12.5 Å². The minimum atomic E-state index is -0.0131. The Hall–Kier alpha value is -1.55. The summed E-state index contributed by atoms with van der Waals surface area (Å²) in [6, 6.07) is 7.19. The first-order valence-corrected chi connectivity index (χ1v) is 5.35. The molecular weight excluding hydrogens is 206 g/mol. The van der Waals surface area contributed by atoms with E-state index in [1.54, 1.807) is 12.1 Å². The molecule has 0 atom stereocenters. The van der Waals surface area contributed by atoms with Crippen molar-refractivity contribution in [2.75, 3.05) is 13.2 Å². The van der Waals surface area contributed by atoms with Gasteiger partial charge in [-0.2, -0.15) is 0 Å². The maximum Gasteiger partial charge on any atom is 0.223 e. The van der Waals surface area contributed by atoms with Gasteiger partial charge in [0.15, 0.2) is 0 Å². The van der Waals surface area contributed by atoms with Crippen LogP contribution in [0.15, 0.2) is 24.3 Å². The van der Waals surface area contributed by atoms with Crippen molar-refractivity contribution in [2.24, 2.45) is 0 Å². The third-order valence-electron chi connectivity index (χ3n) is 2.05. The molecule has 4 nitrogen and oxygen atoms in total. The Morgan fingerprint density at radius 2 is 2.31 bits per heavy atom. The van der Waals surface area contributed by atoms with Crippen molar-refractivity contribution in [3.8, 4) is 5.75 Å². The van der Waals surface area contributed by atoms with E-state index in [4.69, 9.17) is 9.84 Å². The number of aliphatic hydroxyl groups excluding tert-OH is 1. The molecule has 0 spiro atoms. The highest BCUT2D eigenvalue weighted by Gasteiger charge is 2.00. The molecule has 16 heavy (non-hydrogen) atoms. The lowest BCUT2D eigenvalue weighted by Crippen LogP contribution is -2.24. The van der Waals surface area contributed by atoms with Crippen molar-refractivity contribution >= 4 is 5.91 Å². The number of carbonyl (C=O) groups is 1. The molecule has 0 aliphatic heterocycles. The summed E-state index contributed by atoms with van der Waals surface area (Å²) in [4.78, 5) is 11.1. The van der Waals surface area contributed by atoms with Crippen LogP contribution >= 0.6 is 0 Å². The van der Waals surface area contributed by atoms with Gasteiger partial charge in [-0.1, -0.05) is 12.1 Å². The zero-order valence-corrected chi connectivity index (χ0v) is 9.40. The average Bonchev–Trinajstić information content (AvgIpc) is 2.30. The van der Waals surface area contributed by atoms with Crippen LogP contribution in [0.2, 0.25) is 0 Å². The summed E-state index contributed by atoms with van der Waals surface area (Å²) in [6.07, 6.45) is 0.344. The Kier molecular flexibility index (Phi) is 5.36. The number of benzene rings is 1. The molecular formula is C12H17NO3. The van der Waals surface area contributed by atoms with Crippen LogP contribution in [0.25, 0.3) is 0 Å². The van der Waals surface area contributed by atoms with Gasteiger partial charge in [-0.05, 0) is 24.6 Å². The molecule has 88 valence electrons. The van der Waals surface area contributed by atoms with E-state index >= 15 is 0 Å². The Labute approximate surface area is 95.2 Å². The maximum atomic E-state index is 11.1. The topological polar surface area (TPSA) is 58.6 Å². The summed E-state index contributed by atoms with van der Waals surface area (Å²) in [5.41, 5.74) is 0.801. The normalized spacial score (nSPS) is 9.88. The lowest BCUT2D eigenvalue weighted by atomic mass is 10.2. The molecule has 1 amide bonds. The van der Waals surface area contributed by atoms with Crippen molar-refractivity contribution in [1.29, 1.82) is 0 Å². The summed E-state index contributed by atoms with van der Waals surface area (Å²) in [5, 5.41) is 11.6. The number of hydrogen-bond acceptors (Lipinski definition) is 3. The van der Waals surface area contributed by atoms with Crippen LogP contribution in [0.4, 0.5) is 0 Å².